The lowest BCUT2D eigenvalue weighted by Crippen LogP contribution is -2.32. The van der Waals surface area contributed by atoms with Crippen molar-refractivity contribution in [2.45, 2.75) is 46.1 Å². The molecule has 5 nitrogen and oxygen atoms in total. The fraction of sp³-hybridized carbons (Fsp3) is 0.643. The molecule has 1 heterocycles. The molecule has 1 unspecified atom stereocenters. The molecule has 0 aliphatic heterocycles. The smallest absolute Gasteiger partial charge is 0.254 e. The van der Waals surface area contributed by atoms with E-state index in [1.54, 1.807) is 12.4 Å². The molecule has 0 aliphatic carbocycles. The molecular weight excluding hydrogens is 240 g/mol. The average Bonchev–Trinajstić information content (AvgIpc) is 2.44. The second-order valence-corrected chi connectivity index (χ2v) is 4.83. The van der Waals surface area contributed by atoms with Gasteiger partial charge in [0.2, 0.25) is 5.95 Å². The maximum atomic E-state index is 11.9. The van der Waals surface area contributed by atoms with Gasteiger partial charge in [0.25, 0.3) is 5.91 Å². The largest absolute Gasteiger partial charge is 0.350 e. The molecule has 1 aromatic heterocycles. The molecule has 1 atom stereocenters. The number of rotatable bonds is 7. The quantitative estimate of drug-likeness (QED) is 0.820. The van der Waals surface area contributed by atoms with E-state index in [2.05, 4.69) is 22.2 Å². The molecule has 1 amide bonds. The van der Waals surface area contributed by atoms with Crippen LogP contribution in [0.3, 0.4) is 0 Å². The van der Waals surface area contributed by atoms with Gasteiger partial charge in [-0.15, -0.1) is 0 Å². The summed E-state index contributed by atoms with van der Waals surface area (Å²) >= 11 is 0. The summed E-state index contributed by atoms with van der Waals surface area (Å²) < 4.78 is 0. The first-order valence-corrected chi connectivity index (χ1v) is 6.92. The van der Waals surface area contributed by atoms with Crippen molar-refractivity contribution in [2.75, 3.05) is 18.5 Å². The van der Waals surface area contributed by atoms with Crippen LogP contribution < -0.4 is 10.2 Å². The Bertz CT molecular complexity index is 391. The molecular formula is C14H24N4O. The number of hydrogen-bond donors (Lipinski definition) is 1. The summed E-state index contributed by atoms with van der Waals surface area (Å²) in [5.41, 5.74) is 0.507. The predicted octanol–water partition coefficient (Wildman–Crippen LogP) is 2.24. The van der Waals surface area contributed by atoms with Crippen molar-refractivity contribution in [3.63, 3.8) is 0 Å². The molecule has 0 spiro atoms. The van der Waals surface area contributed by atoms with E-state index in [0.717, 1.165) is 25.8 Å². The molecule has 106 valence electrons. The van der Waals surface area contributed by atoms with Crippen LogP contribution in [0.25, 0.3) is 0 Å². The highest BCUT2D eigenvalue weighted by Gasteiger charge is 2.10. The first-order chi connectivity index (χ1) is 9.08. The van der Waals surface area contributed by atoms with Crippen molar-refractivity contribution >= 4 is 11.9 Å². The van der Waals surface area contributed by atoms with Gasteiger partial charge in [0.15, 0.2) is 0 Å². The zero-order valence-corrected chi connectivity index (χ0v) is 12.3. The van der Waals surface area contributed by atoms with Crippen LogP contribution in [0.5, 0.6) is 0 Å². The number of unbranched alkanes of at least 4 members (excludes halogenated alkanes) is 1. The molecule has 5 heteroatoms. The molecule has 1 N–H and O–H groups in total. The normalized spacial score (nSPS) is 12.0. The molecule has 0 fully saturated rings. The van der Waals surface area contributed by atoms with E-state index in [0.29, 0.717) is 11.5 Å². The third-order valence-corrected chi connectivity index (χ3v) is 3.08. The summed E-state index contributed by atoms with van der Waals surface area (Å²) in [5, 5.41) is 2.90. The molecule has 19 heavy (non-hydrogen) atoms. The van der Waals surface area contributed by atoms with Gasteiger partial charge in [-0.25, -0.2) is 9.97 Å². The third kappa shape index (κ3) is 4.85. The lowest BCUT2D eigenvalue weighted by molar-refractivity contribution is 0.0938. The topological polar surface area (TPSA) is 58.1 Å². The van der Waals surface area contributed by atoms with E-state index in [-0.39, 0.29) is 11.9 Å². The van der Waals surface area contributed by atoms with E-state index >= 15 is 0 Å². The zero-order valence-electron chi connectivity index (χ0n) is 12.3. The van der Waals surface area contributed by atoms with Crippen LogP contribution in [0, 0.1) is 0 Å². The van der Waals surface area contributed by atoms with Gasteiger partial charge in [-0.05, 0) is 19.8 Å². The first-order valence-electron chi connectivity index (χ1n) is 6.92. The van der Waals surface area contributed by atoms with Gasteiger partial charge in [-0.3, -0.25) is 4.79 Å². The fourth-order valence-corrected chi connectivity index (χ4v) is 1.54. The van der Waals surface area contributed by atoms with Gasteiger partial charge in [-0.1, -0.05) is 20.3 Å². The minimum Gasteiger partial charge on any atom is -0.350 e. The minimum atomic E-state index is -0.114. The summed E-state index contributed by atoms with van der Waals surface area (Å²) in [5.74, 6) is 0.547. The van der Waals surface area contributed by atoms with Gasteiger partial charge in [-0.2, -0.15) is 0 Å². The van der Waals surface area contributed by atoms with Crippen LogP contribution in [0.15, 0.2) is 12.4 Å². The number of anilines is 1. The summed E-state index contributed by atoms with van der Waals surface area (Å²) in [4.78, 5) is 22.3. The Morgan fingerprint density at radius 3 is 2.53 bits per heavy atom. The van der Waals surface area contributed by atoms with Gasteiger partial charge >= 0.3 is 0 Å². The SMILES string of the molecule is CCCCN(C)c1ncc(C(=O)NC(C)CC)cn1. The summed E-state index contributed by atoms with van der Waals surface area (Å²) in [6.07, 6.45) is 6.32. The molecule has 0 bridgehead atoms. The number of hydrogen-bond acceptors (Lipinski definition) is 4. The van der Waals surface area contributed by atoms with E-state index in [1.165, 1.54) is 0 Å². The number of amides is 1. The first kappa shape index (κ1) is 15.4. The summed E-state index contributed by atoms with van der Waals surface area (Å²) in [7, 11) is 1.96. The standard InChI is InChI=1S/C14H24N4O/c1-5-7-8-18(4)14-15-9-12(10-16-14)13(19)17-11(3)6-2/h9-11H,5-8H2,1-4H3,(H,17,19). The lowest BCUT2D eigenvalue weighted by atomic mass is 10.2. The van der Waals surface area contributed by atoms with E-state index in [1.807, 2.05) is 25.8 Å². The number of nitrogens with one attached hydrogen (secondary N) is 1. The maximum Gasteiger partial charge on any atom is 0.254 e. The van der Waals surface area contributed by atoms with Gasteiger partial charge < -0.3 is 10.2 Å². The second kappa shape index (κ2) is 7.71. The van der Waals surface area contributed by atoms with Crippen molar-refractivity contribution in [3.8, 4) is 0 Å². The van der Waals surface area contributed by atoms with Crippen LogP contribution in [0.4, 0.5) is 5.95 Å². The number of nitrogens with zero attached hydrogens (tertiary/aromatic N) is 3. The van der Waals surface area contributed by atoms with Crippen molar-refractivity contribution in [1.29, 1.82) is 0 Å². The lowest BCUT2D eigenvalue weighted by Gasteiger charge is -2.16. The van der Waals surface area contributed by atoms with Gasteiger partial charge in [0.1, 0.15) is 0 Å². The molecule has 0 aliphatic rings. The highest BCUT2D eigenvalue weighted by Crippen LogP contribution is 2.06. The average molecular weight is 264 g/mol. The Kier molecular flexibility index (Phi) is 6.25. The van der Waals surface area contributed by atoms with Gasteiger partial charge in [0.05, 0.1) is 5.56 Å². The van der Waals surface area contributed by atoms with Crippen molar-refractivity contribution < 1.29 is 4.79 Å². The number of aromatic nitrogens is 2. The number of carbonyl (C=O) groups is 1. The molecule has 0 saturated heterocycles. The Morgan fingerprint density at radius 1 is 1.37 bits per heavy atom. The molecule has 0 aromatic carbocycles. The minimum absolute atomic E-state index is 0.114. The Labute approximate surface area is 115 Å². The molecule has 1 rings (SSSR count). The van der Waals surface area contributed by atoms with Crippen LogP contribution in [-0.2, 0) is 0 Å². The highest BCUT2D eigenvalue weighted by atomic mass is 16.1. The summed E-state index contributed by atoms with van der Waals surface area (Å²) in [6, 6.07) is 0.166. The van der Waals surface area contributed by atoms with E-state index < -0.39 is 0 Å². The zero-order chi connectivity index (χ0) is 14.3. The third-order valence-electron chi connectivity index (χ3n) is 3.08. The Hall–Kier alpha value is -1.65. The fourth-order valence-electron chi connectivity index (χ4n) is 1.54. The monoisotopic (exact) mass is 264 g/mol. The van der Waals surface area contributed by atoms with Crippen LogP contribution in [0.1, 0.15) is 50.4 Å². The molecule has 0 radical (unpaired) electrons. The summed E-state index contributed by atoms with van der Waals surface area (Å²) in [6.45, 7) is 7.09. The maximum absolute atomic E-state index is 11.9. The van der Waals surface area contributed by atoms with Gasteiger partial charge in [0, 0.05) is 32.0 Å². The highest BCUT2D eigenvalue weighted by molar-refractivity contribution is 5.93. The van der Waals surface area contributed by atoms with E-state index in [9.17, 15) is 4.79 Å². The molecule has 0 saturated carbocycles. The van der Waals surface area contributed by atoms with Crippen molar-refractivity contribution in [3.05, 3.63) is 18.0 Å². The van der Waals surface area contributed by atoms with Crippen LogP contribution >= 0.6 is 0 Å². The Morgan fingerprint density at radius 2 is 2.00 bits per heavy atom. The molecule has 1 aromatic rings. The van der Waals surface area contributed by atoms with Crippen LogP contribution in [0.2, 0.25) is 0 Å². The van der Waals surface area contributed by atoms with Crippen LogP contribution in [-0.4, -0.2) is 35.5 Å². The second-order valence-electron chi connectivity index (χ2n) is 4.83. The number of carbonyl (C=O) groups excluding carboxylic acids is 1. The Balaban J connectivity index is 2.62. The predicted molar refractivity (Wildman–Crippen MR) is 77.4 cm³/mol. The van der Waals surface area contributed by atoms with Crippen molar-refractivity contribution in [1.82, 2.24) is 15.3 Å². The van der Waals surface area contributed by atoms with E-state index in [4.69, 9.17) is 0 Å². The van der Waals surface area contributed by atoms with Crippen molar-refractivity contribution in [2.24, 2.45) is 0 Å².